The van der Waals surface area contributed by atoms with E-state index in [1.54, 1.807) is 23.3 Å². The average Bonchev–Trinajstić information content (AvgIpc) is 3.49. The Labute approximate surface area is 184 Å². The molecule has 3 heterocycles. The first-order valence-electron chi connectivity index (χ1n) is 10.2. The fraction of sp³-hybridized carbons (Fsp3) is 0.217. The van der Waals surface area contributed by atoms with Crippen LogP contribution in [-0.4, -0.2) is 35.6 Å². The minimum Gasteiger partial charge on any atom is -0.324 e. The van der Waals surface area contributed by atoms with Crippen LogP contribution in [0.3, 0.4) is 0 Å². The number of hydrogen-bond acceptors (Lipinski definition) is 6. The van der Waals surface area contributed by atoms with Crippen molar-refractivity contribution in [3.05, 3.63) is 78.8 Å². The Bertz CT molecular complexity index is 1300. The molecule has 5 rings (SSSR count). The number of nitrogens with zero attached hydrogens (tertiary/aromatic N) is 8. The summed E-state index contributed by atoms with van der Waals surface area (Å²) in [7, 11) is 0. The van der Waals surface area contributed by atoms with Gasteiger partial charge in [-0.05, 0) is 36.4 Å². The molecule has 0 spiro atoms. The third-order valence-corrected chi connectivity index (χ3v) is 5.73. The molecule has 1 aliphatic rings. The van der Waals surface area contributed by atoms with Gasteiger partial charge in [-0.3, -0.25) is 4.68 Å². The maximum Gasteiger partial charge on any atom is 0.228 e. The second-order valence-electron chi connectivity index (χ2n) is 7.81. The van der Waals surface area contributed by atoms with Crippen molar-refractivity contribution in [2.45, 2.75) is 30.8 Å². The van der Waals surface area contributed by atoms with E-state index in [9.17, 15) is 5.26 Å². The SMILES string of the molecule is [C-]#[N+]C1CC(CC#N)(n2cc(-c3ccnc(Nc4ccc(-n5cccn5)cc4)n3)cn2)C1. The van der Waals surface area contributed by atoms with E-state index in [-0.39, 0.29) is 6.04 Å². The summed E-state index contributed by atoms with van der Waals surface area (Å²) in [4.78, 5) is 12.5. The fourth-order valence-corrected chi connectivity index (χ4v) is 4.01. The highest BCUT2D eigenvalue weighted by Crippen LogP contribution is 2.44. The van der Waals surface area contributed by atoms with Crippen LogP contribution < -0.4 is 5.32 Å². The molecule has 1 aliphatic carbocycles. The van der Waals surface area contributed by atoms with Gasteiger partial charge in [0, 0.05) is 48.9 Å². The molecular formula is C23H19N9. The molecule has 0 bridgehead atoms. The standard InChI is InChI=1S/C23H19N9/c1-25-19-13-23(14-19,8-9-24)32-16-17(15-28-32)21-7-11-26-22(30-21)29-18-3-5-20(6-4-18)31-12-2-10-27-31/h2-7,10-12,15-16,19H,8,13-14H2,(H,26,29,30). The highest BCUT2D eigenvalue weighted by atomic mass is 15.3. The second-order valence-corrected chi connectivity index (χ2v) is 7.81. The molecule has 156 valence electrons. The van der Waals surface area contributed by atoms with Gasteiger partial charge in [0.25, 0.3) is 0 Å². The molecule has 1 fully saturated rings. The minimum atomic E-state index is -0.396. The largest absolute Gasteiger partial charge is 0.324 e. The average molecular weight is 421 g/mol. The summed E-state index contributed by atoms with van der Waals surface area (Å²) in [5, 5.41) is 21.2. The van der Waals surface area contributed by atoms with Gasteiger partial charge in [-0.25, -0.2) is 21.2 Å². The van der Waals surface area contributed by atoms with Crippen molar-refractivity contribution < 1.29 is 0 Å². The number of nitriles is 1. The zero-order chi connectivity index (χ0) is 22.0. The topological polar surface area (TPSA) is 102 Å². The summed E-state index contributed by atoms with van der Waals surface area (Å²) in [6, 6.07) is 13.7. The highest BCUT2D eigenvalue weighted by Gasteiger charge is 2.50. The second kappa shape index (κ2) is 7.97. The summed E-state index contributed by atoms with van der Waals surface area (Å²) in [5.74, 6) is 0.477. The predicted molar refractivity (Wildman–Crippen MR) is 118 cm³/mol. The molecule has 0 amide bonds. The van der Waals surface area contributed by atoms with Gasteiger partial charge >= 0.3 is 0 Å². The number of benzene rings is 1. The third kappa shape index (κ3) is 3.57. The molecule has 4 aromatic rings. The number of nitrogens with one attached hydrogen (secondary N) is 1. The van der Waals surface area contributed by atoms with Crippen LogP contribution in [0.1, 0.15) is 19.3 Å². The molecule has 0 saturated heterocycles. The summed E-state index contributed by atoms with van der Waals surface area (Å²) < 4.78 is 3.62. The lowest BCUT2D eigenvalue weighted by atomic mass is 9.71. The molecule has 1 N–H and O–H groups in total. The van der Waals surface area contributed by atoms with Crippen molar-refractivity contribution in [3.8, 4) is 23.0 Å². The first-order chi connectivity index (χ1) is 15.7. The maximum atomic E-state index is 9.26. The van der Waals surface area contributed by atoms with E-state index in [1.807, 2.05) is 53.5 Å². The molecule has 0 unspecified atom stereocenters. The van der Waals surface area contributed by atoms with Crippen LogP contribution in [0.2, 0.25) is 0 Å². The summed E-state index contributed by atoms with van der Waals surface area (Å²) in [5.41, 5.74) is 3.00. The zero-order valence-electron chi connectivity index (χ0n) is 17.1. The third-order valence-electron chi connectivity index (χ3n) is 5.73. The van der Waals surface area contributed by atoms with Crippen molar-refractivity contribution in [2.75, 3.05) is 5.32 Å². The number of aromatic nitrogens is 6. The fourth-order valence-electron chi connectivity index (χ4n) is 4.01. The Kier molecular flexibility index (Phi) is 4.85. The first kappa shape index (κ1) is 19.5. The molecule has 1 aromatic carbocycles. The van der Waals surface area contributed by atoms with Crippen molar-refractivity contribution in [1.82, 2.24) is 29.5 Å². The molecule has 0 aliphatic heterocycles. The van der Waals surface area contributed by atoms with Crippen LogP contribution in [0.5, 0.6) is 0 Å². The number of rotatable bonds is 6. The van der Waals surface area contributed by atoms with Gasteiger partial charge in [-0.1, -0.05) is 0 Å². The van der Waals surface area contributed by atoms with Crippen LogP contribution in [0.15, 0.2) is 67.4 Å². The lowest BCUT2D eigenvalue weighted by Crippen LogP contribution is -2.48. The van der Waals surface area contributed by atoms with Crippen LogP contribution >= 0.6 is 0 Å². The smallest absolute Gasteiger partial charge is 0.228 e. The summed E-state index contributed by atoms with van der Waals surface area (Å²) in [6.07, 6.45) is 10.6. The van der Waals surface area contributed by atoms with Gasteiger partial charge in [0.05, 0.1) is 35.6 Å². The van der Waals surface area contributed by atoms with Crippen LogP contribution in [0.4, 0.5) is 11.6 Å². The normalized spacial score (nSPS) is 19.5. The van der Waals surface area contributed by atoms with Crippen LogP contribution in [0, 0.1) is 17.9 Å². The highest BCUT2D eigenvalue weighted by molar-refractivity contribution is 5.61. The Morgan fingerprint density at radius 3 is 2.75 bits per heavy atom. The molecular weight excluding hydrogens is 402 g/mol. The Morgan fingerprint density at radius 2 is 2.03 bits per heavy atom. The van der Waals surface area contributed by atoms with E-state index in [2.05, 4.69) is 36.4 Å². The monoisotopic (exact) mass is 421 g/mol. The van der Waals surface area contributed by atoms with Gasteiger partial charge < -0.3 is 10.2 Å². The van der Waals surface area contributed by atoms with Crippen LogP contribution in [-0.2, 0) is 5.54 Å². The molecule has 9 heteroatoms. The molecule has 0 atom stereocenters. The Hall–Kier alpha value is -4.50. The van der Waals surface area contributed by atoms with Crippen molar-refractivity contribution in [2.24, 2.45) is 0 Å². The first-order valence-corrected chi connectivity index (χ1v) is 10.2. The van der Waals surface area contributed by atoms with Gasteiger partial charge in [0.15, 0.2) is 0 Å². The van der Waals surface area contributed by atoms with Crippen molar-refractivity contribution >= 4 is 11.6 Å². The van der Waals surface area contributed by atoms with E-state index < -0.39 is 5.54 Å². The quantitative estimate of drug-likeness (QED) is 0.473. The lowest BCUT2D eigenvalue weighted by molar-refractivity contribution is 0.120. The Balaban J connectivity index is 1.34. The zero-order valence-corrected chi connectivity index (χ0v) is 17.1. The van der Waals surface area contributed by atoms with Gasteiger partial charge in [0.1, 0.15) is 0 Å². The molecule has 9 nitrogen and oxygen atoms in total. The van der Waals surface area contributed by atoms with E-state index in [0.717, 1.165) is 22.6 Å². The van der Waals surface area contributed by atoms with Crippen LogP contribution in [0.25, 0.3) is 21.8 Å². The number of anilines is 2. The van der Waals surface area contributed by atoms with E-state index in [0.29, 0.717) is 25.2 Å². The Morgan fingerprint density at radius 1 is 1.19 bits per heavy atom. The maximum absolute atomic E-state index is 9.26. The van der Waals surface area contributed by atoms with Crippen molar-refractivity contribution in [3.63, 3.8) is 0 Å². The molecule has 32 heavy (non-hydrogen) atoms. The molecule has 3 aromatic heterocycles. The van der Waals surface area contributed by atoms with Gasteiger partial charge in [-0.15, -0.1) is 0 Å². The summed E-state index contributed by atoms with van der Waals surface area (Å²) >= 11 is 0. The predicted octanol–water partition coefficient (Wildman–Crippen LogP) is 3.96. The van der Waals surface area contributed by atoms with Crippen molar-refractivity contribution in [1.29, 1.82) is 5.26 Å². The van der Waals surface area contributed by atoms with E-state index in [1.165, 1.54) is 0 Å². The lowest BCUT2D eigenvalue weighted by Gasteiger charge is -2.40. The molecule has 1 saturated carbocycles. The van der Waals surface area contributed by atoms with E-state index in [4.69, 9.17) is 6.57 Å². The molecule has 0 radical (unpaired) electrons. The minimum absolute atomic E-state index is 0.0365. The summed E-state index contributed by atoms with van der Waals surface area (Å²) in [6.45, 7) is 7.22. The number of hydrogen-bond donors (Lipinski definition) is 1. The van der Waals surface area contributed by atoms with Gasteiger partial charge in [-0.2, -0.15) is 15.5 Å². The van der Waals surface area contributed by atoms with Gasteiger partial charge in [0.2, 0.25) is 12.0 Å². The van der Waals surface area contributed by atoms with E-state index >= 15 is 0 Å².